The van der Waals surface area contributed by atoms with Crippen molar-refractivity contribution in [2.45, 2.75) is 33.4 Å². The average Bonchev–Trinajstić information content (AvgIpc) is 2.83. The van der Waals surface area contributed by atoms with E-state index in [4.69, 9.17) is 10.9 Å². The number of amidine groups is 1. The molecule has 1 heterocycles. The Bertz CT molecular complexity index is 651. The topological polar surface area (TPSA) is 83.5 Å². The smallest absolute Gasteiger partial charge is 0.170 e. The van der Waals surface area contributed by atoms with E-state index >= 15 is 0 Å². The minimum Gasteiger partial charge on any atom is -0.409 e. The molecule has 4 N–H and O–H groups in total. The highest BCUT2D eigenvalue weighted by atomic mass is 32.1. The first-order valence-corrected chi connectivity index (χ1v) is 7.57. The maximum absolute atomic E-state index is 8.84. The van der Waals surface area contributed by atoms with Gasteiger partial charge >= 0.3 is 0 Å². The molecular weight excluding hydrogens is 284 g/mol. The van der Waals surface area contributed by atoms with Crippen LogP contribution in [-0.2, 0) is 6.54 Å². The lowest BCUT2D eigenvalue weighted by Crippen LogP contribution is -2.22. The molecule has 0 fully saturated rings. The van der Waals surface area contributed by atoms with Crippen LogP contribution in [0.5, 0.6) is 0 Å². The summed E-state index contributed by atoms with van der Waals surface area (Å²) in [6, 6.07) is 7.84. The molecular formula is C15H20N4OS. The van der Waals surface area contributed by atoms with Gasteiger partial charge in [-0.05, 0) is 26.3 Å². The molecule has 5 nitrogen and oxygen atoms in total. The maximum Gasteiger partial charge on any atom is 0.170 e. The van der Waals surface area contributed by atoms with Crippen molar-refractivity contribution >= 4 is 17.2 Å². The van der Waals surface area contributed by atoms with Crippen LogP contribution in [0.25, 0.3) is 0 Å². The van der Waals surface area contributed by atoms with Crippen LogP contribution in [0.4, 0.5) is 0 Å². The first-order valence-electron chi connectivity index (χ1n) is 6.76. The van der Waals surface area contributed by atoms with Gasteiger partial charge in [-0.25, -0.2) is 4.98 Å². The molecule has 0 saturated carbocycles. The standard InChI is InChI=1S/C15H20N4OS/c1-9(14-10(2)18-11(3)21-14)17-8-12-6-4-5-7-13(12)15(16)19-20/h4-7,9,17,20H,8H2,1-3H3,(H2,16,19). The fourth-order valence-electron chi connectivity index (χ4n) is 2.28. The summed E-state index contributed by atoms with van der Waals surface area (Å²) >= 11 is 1.71. The normalized spacial score (nSPS) is 13.4. The van der Waals surface area contributed by atoms with E-state index in [9.17, 15) is 0 Å². The molecule has 0 spiro atoms. The third kappa shape index (κ3) is 3.59. The molecule has 0 saturated heterocycles. The maximum atomic E-state index is 8.84. The van der Waals surface area contributed by atoms with Gasteiger partial charge in [0.2, 0.25) is 0 Å². The predicted molar refractivity (Wildman–Crippen MR) is 85.8 cm³/mol. The molecule has 6 heteroatoms. The first-order chi connectivity index (χ1) is 10.0. The second kappa shape index (κ2) is 6.69. The molecule has 2 rings (SSSR count). The number of nitrogens with two attached hydrogens (primary N) is 1. The summed E-state index contributed by atoms with van der Waals surface area (Å²) in [6.45, 7) is 6.80. The Morgan fingerprint density at radius 1 is 1.43 bits per heavy atom. The second-order valence-electron chi connectivity index (χ2n) is 4.93. The van der Waals surface area contributed by atoms with E-state index in [1.165, 1.54) is 4.88 Å². The van der Waals surface area contributed by atoms with Gasteiger partial charge in [0.25, 0.3) is 0 Å². The number of oxime groups is 1. The Kier molecular flexibility index (Phi) is 4.93. The molecule has 1 atom stereocenters. The summed E-state index contributed by atoms with van der Waals surface area (Å²) < 4.78 is 0. The van der Waals surface area contributed by atoms with Crippen molar-refractivity contribution in [3.8, 4) is 0 Å². The highest BCUT2D eigenvalue weighted by Gasteiger charge is 2.13. The first kappa shape index (κ1) is 15.5. The summed E-state index contributed by atoms with van der Waals surface area (Å²) in [5, 5.41) is 16.5. The molecule has 1 aromatic heterocycles. The van der Waals surface area contributed by atoms with Crippen LogP contribution in [0.1, 0.15) is 39.7 Å². The van der Waals surface area contributed by atoms with E-state index in [1.54, 1.807) is 11.3 Å². The van der Waals surface area contributed by atoms with E-state index in [1.807, 2.05) is 38.1 Å². The molecule has 0 aliphatic heterocycles. The van der Waals surface area contributed by atoms with E-state index in [-0.39, 0.29) is 11.9 Å². The molecule has 0 aliphatic rings. The van der Waals surface area contributed by atoms with Crippen LogP contribution in [-0.4, -0.2) is 16.0 Å². The van der Waals surface area contributed by atoms with Crippen molar-refractivity contribution in [2.75, 3.05) is 0 Å². The Balaban J connectivity index is 2.12. The lowest BCUT2D eigenvalue weighted by Gasteiger charge is -2.15. The molecule has 0 aliphatic carbocycles. The van der Waals surface area contributed by atoms with Crippen molar-refractivity contribution in [1.82, 2.24) is 10.3 Å². The molecule has 1 unspecified atom stereocenters. The third-order valence-corrected chi connectivity index (χ3v) is 4.59. The van der Waals surface area contributed by atoms with Crippen LogP contribution in [0.15, 0.2) is 29.4 Å². The second-order valence-corrected chi connectivity index (χ2v) is 6.16. The largest absolute Gasteiger partial charge is 0.409 e. The van der Waals surface area contributed by atoms with Crippen LogP contribution < -0.4 is 11.1 Å². The molecule has 0 amide bonds. The summed E-state index contributed by atoms with van der Waals surface area (Å²) in [5.41, 5.74) is 8.52. The van der Waals surface area contributed by atoms with Crippen LogP contribution in [0, 0.1) is 13.8 Å². The third-order valence-electron chi connectivity index (χ3n) is 3.33. The number of hydrogen-bond acceptors (Lipinski definition) is 5. The van der Waals surface area contributed by atoms with E-state index in [2.05, 4.69) is 22.4 Å². The number of hydrogen-bond donors (Lipinski definition) is 3. The van der Waals surface area contributed by atoms with Crippen molar-refractivity contribution in [3.05, 3.63) is 51.0 Å². The van der Waals surface area contributed by atoms with Crippen molar-refractivity contribution < 1.29 is 5.21 Å². The Morgan fingerprint density at radius 2 is 2.14 bits per heavy atom. The number of aryl methyl sites for hydroxylation is 2. The fourth-order valence-corrected chi connectivity index (χ4v) is 3.24. The Labute approximate surface area is 128 Å². The van der Waals surface area contributed by atoms with E-state index in [0.717, 1.165) is 21.8 Å². The van der Waals surface area contributed by atoms with Gasteiger partial charge in [0.05, 0.1) is 10.7 Å². The lowest BCUT2D eigenvalue weighted by molar-refractivity contribution is 0.318. The Morgan fingerprint density at radius 3 is 2.76 bits per heavy atom. The highest BCUT2D eigenvalue weighted by Crippen LogP contribution is 2.24. The van der Waals surface area contributed by atoms with Gasteiger partial charge in [-0.3, -0.25) is 0 Å². The van der Waals surface area contributed by atoms with Gasteiger partial charge in [-0.1, -0.05) is 29.4 Å². The highest BCUT2D eigenvalue weighted by molar-refractivity contribution is 7.11. The van der Waals surface area contributed by atoms with Gasteiger partial charge in [-0.15, -0.1) is 11.3 Å². The van der Waals surface area contributed by atoms with Crippen molar-refractivity contribution in [1.29, 1.82) is 0 Å². The molecule has 0 bridgehead atoms. The van der Waals surface area contributed by atoms with Gasteiger partial charge in [-0.2, -0.15) is 0 Å². The summed E-state index contributed by atoms with van der Waals surface area (Å²) in [5.74, 6) is 0.130. The molecule has 0 radical (unpaired) electrons. The van der Waals surface area contributed by atoms with Crippen molar-refractivity contribution in [3.63, 3.8) is 0 Å². The van der Waals surface area contributed by atoms with Gasteiger partial charge in [0, 0.05) is 23.0 Å². The quantitative estimate of drug-likeness (QED) is 0.343. The zero-order valence-corrected chi connectivity index (χ0v) is 13.2. The number of benzene rings is 1. The van der Waals surface area contributed by atoms with Crippen LogP contribution in [0.3, 0.4) is 0 Å². The van der Waals surface area contributed by atoms with Crippen molar-refractivity contribution in [2.24, 2.45) is 10.9 Å². The van der Waals surface area contributed by atoms with Crippen LogP contribution in [0.2, 0.25) is 0 Å². The SMILES string of the molecule is Cc1nc(C)c(C(C)NCc2ccccc2C(N)=NO)s1. The monoisotopic (exact) mass is 304 g/mol. The fraction of sp³-hybridized carbons (Fsp3) is 0.333. The van der Waals surface area contributed by atoms with Gasteiger partial charge in [0.15, 0.2) is 5.84 Å². The molecule has 2 aromatic rings. The predicted octanol–water partition coefficient (Wildman–Crippen LogP) is 2.71. The Hall–Kier alpha value is -1.92. The molecule has 1 aromatic carbocycles. The number of nitrogens with one attached hydrogen (secondary N) is 1. The van der Waals surface area contributed by atoms with E-state index < -0.39 is 0 Å². The lowest BCUT2D eigenvalue weighted by atomic mass is 10.1. The summed E-state index contributed by atoms with van der Waals surface area (Å²) in [4.78, 5) is 5.70. The number of rotatable bonds is 5. The number of aromatic nitrogens is 1. The zero-order chi connectivity index (χ0) is 15.4. The molecule has 21 heavy (non-hydrogen) atoms. The van der Waals surface area contributed by atoms with Gasteiger partial charge in [0.1, 0.15) is 0 Å². The van der Waals surface area contributed by atoms with Gasteiger partial charge < -0.3 is 16.3 Å². The summed E-state index contributed by atoms with van der Waals surface area (Å²) in [6.07, 6.45) is 0. The van der Waals surface area contributed by atoms with E-state index in [0.29, 0.717) is 6.54 Å². The zero-order valence-electron chi connectivity index (χ0n) is 12.4. The summed E-state index contributed by atoms with van der Waals surface area (Å²) in [7, 11) is 0. The minimum absolute atomic E-state index is 0.130. The number of thiazole rings is 1. The average molecular weight is 304 g/mol. The minimum atomic E-state index is 0.130. The van der Waals surface area contributed by atoms with Crippen LogP contribution >= 0.6 is 11.3 Å². The molecule has 112 valence electrons. The number of nitrogens with zero attached hydrogens (tertiary/aromatic N) is 2.